The zero-order valence-electron chi connectivity index (χ0n) is 13.6. The number of carbonyl (C=O) groups is 1. The van der Waals surface area contributed by atoms with Crippen molar-refractivity contribution in [3.05, 3.63) is 30.3 Å². The molecule has 8 heteroatoms. The monoisotopic (exact) mass is 353 g/mol. The summed E-state index contributed by atoms with van der Waals surface area (Å²) in [6, 6.07) is 8.76. The van der Waals surface area contributed by atoms with Crippen LogP contribution in [0, 0.1) is 0 Å². The number of rotatable bonds is 3. The van der Waals surface area contributed by atoms with Gasteiger partial charge < -0.3 is 14.5 Å². The van der Waals surface area contributed by atoms with E-state index >= 15 is 0 Å². The van der Waals surface area contributed by atoms with Gasteiger partial charge in [-0.05, 0) is 25.0 Å². The molecule has 2 aliphatic rings. The van der Waals surface area contributed by atoms with Crippen LogP contribution >= 0.6 is 0 Å². The first kappa shape index (κ1) is 17.0. The van der Waals surface area contributed by atoms with Crippen LogP contribution in [0.25, 0.3) is 0 Å². The van der Waals surface area contributed by atoms with Crippen molar-refractivity contribution in [1.29, 1.82) is 0 Å². The smallest absolute Gasteiger partial charge is 0.320 e. The van der Waals surface area contributed by atoms with Gasteiger partial charge in [-0.15, -0.1) is 0 Å². The number of nitrogens with zero attached hydrogens (tertiary/aromatic N) is 2. The van der Waals surface area contributed by atoms with Gasteiger partial charge in [-0.3, -0.25) is 4.72 Å². The van der Waals surface area contributed by atoms with E-state index in [4.69, 9.17) is 4.74 Å². The van der Waals surface area contributed by atoms with Crippen LogP contribution in [0.15, 0.2) is 30.3 Å². The van der Waals surface area contributed by atoms with Gasteiger partial charge in [0.05, 0.1) is 18.5 Å². The molecule has 1 aromatic rings. The summed E-state index contributed by atoms with van der Waals surface area (Å²) in [7, 11) is -3.52. The van der Waals surface area contributed by atoms with Gasteiger partial charge >= 0.3 is 6.03 Å². The maximum atomic E-state index is 12.6. The number of carbonyl (C=O) groups excluding carboxylic acids is 1. The molecular formula is C16H23N3O4S. The summed E-state index contributed by atoms with van der Waals surface area (Å²) in [4.78, 5) is 16.0. The van der Waals surface area contributed by atoms with E-state index in [1.165, 1.54) is 0 Å². The van der Waals surface area contributed by atoms with Crippen molar-refractivity contribution >= 4 is 21.7 Å². The zero-order chi connectivity index (χ0) is 17.0. The standard InChI is InChI=1S/C16H23N3O4S/c20-16(18-9-11-23-12-10-18)19-8-4-7-15(13-19)24(21,22)17-14-5-2-1-3-6-14/h1-3,5-6,15,17H,4,7-13H2/t15-/m1/s1. The number of para-hydroxylation sites is 1. The van der Waals surface area contributed by atoms with Gasteiger partial charge in [-0.25, -0.2) is 13.2 Å². The second-order valence-electron chi connectivity index (χ2n) is 6.11. The minimum Gasteiger partial charge on any atom is -0.378 e. The highest BCUT2D eigenvalue weighted by atomic mass is 32.2. The number of nitrogens with one attached hydrogen (secondary N) is 1. The highest BCUT2D eigenvalue weighted by molar-refractivity contribution is 7.93. The summed E-state index contributed by atoms with van der Waals surface area (Å²) in [6.07, 6.45) is 1.26. The molecule has 0 saturated carbocycles. The highest BCUT2D eigenvalue weighted by Crippen LogP contribution is 2.21. The molecule has 1 N–H and O–H groups in total. The fourth-order valence-electron chi connectivity index (χ4n) is 3.07. The molecule has 3 rings (SSSR count). The van der Waals surface area contributed by atoms with Gasteiger partial charge in [-0.2, -0.15) is 0 Å². The predicted octanol–water partition coefficient (Wildman–Crippen LogP) is 1.34. The Bertz CT molecular complexity index is 659. The summed E-state index contributed by atoms with van der Waals surface area (Å²) in [5.74, 6) is 0. The van der Waals surface area contributed by atoms with Gasteiger partial charge in [0.25, 0.3) is 0 Å². The maximum absolute atomic E-state index is 12.6. The molecule has 0 spiro atoms. The van der Waals surface area contributed by atoms with E-state index in [2.05, 4.69) is 4.72 Å². The summed E-state index contributed by atoms with van der Waals surface area (Å²) >= 11 is 0. The highest BCUT2D eigenvalue weighted by Gasteiger charge is 2.34. The van der Waals surface area contributed by atoms with E-state index in [9.17, 15) is 13.2 Å². The zero-order valence-corrected chi connectivity index (χ0v) is 14.4. The molecule has 132 valence electrons. The summed E-state index contributed by atoms with van der Waals surface area (Å²) in [5, 5.41) is -0.587. The maximum Gasteiger partial charge on any atom is 0.320 e. The molecule has 1 aromatic carbocycles. The molecule has 0 aromatic heterocycles. The number of hydrogen-bond acceptors (Lipinski definition) is 4. The molecule has 7 nitrogen and oxygen atoms in total. The van der Waals surface area contributed by atoms with E-state index < -0.39 is 15.3 Å². The Balaban J connectivity index is 1.65. The molecule has 2 heterocycles. The van der Waals surface area contributed by atoms with Crippen LogP contribution in [0.1, 0.15) is 12.8 Å². The van der Waals surface area contributed by atoms with Crippen LogP contribution in [-0.2, 0) is 14.8 Å². The van der Waals surface area contributed by atoms with Crippen LogP contribution in [-0.4, -0.2) is 68.9 Å². The molecule has 2 fully saturated rings. The lowest BCUT2D eigenvalue weighted by atomic mass is 10.1. The Morgan fingerprint density at radius 1 is 1.08 bits per heavy atom. The van der Waals surface area contributed by atoms with Gasteiger partial charge in [0.15, 0.2) is 0 Å². The third-order valence-corrected chi connectivity index (χ3v) is 6.19. The molecule has 2 aliphatic heterocycles. The van der Waals surface area contributed by atoms with Crippen molar-refractivity contribution in [2.24, 2.45) is 0 Å². The molecule has 1 atom stereocenters. The van der Waals surface area contributed by atoms with Gasteiger partial charge in [-0.1, -0.05) is 18.2 Å². The number of urea groups is 1. The molecule has 0 aliphatic carbocycles. The van der Waals surface area contributed by atoms with Crippen molar-refractivity contribution in [3.8, 4) is 0 Å². The third-order valence-electron chi connectivity index (χ3n) is 4.40. The second kappa shape index (κ2) is 7.40. The SMILES string of the molecule is O=C(N1CCOCC1)N1CCC[C@@H](S(=O)(=O)Nc2ccccc2)C1. The third kappa shape index (κ3) is 3.99. The Labute approximate surface area is 142 Å². The minimum atomic E-state index is -3.52. The average Bonchev–Trinajstić information content (AvgIpc) is 2.62. The molecule has 0 unspecified atom stereocenters. The quantitative estimate of drug-likeness (QED) is 0.889. The Morgan fingerprint density at radius 2 is 1.79 bits per heavy atom. The van der Waals surface area contributed by atoms with E-state index in [1.54, 1.807) is 34.1 Å². The Hall–Kier alpha value is -1.80. The second-order valence-corrected chi connectivity index (χ2v) is 8.07. The average molecular weight is 353 g/mol. The van der Waals surface area contributed by atoms with Gasteiger partial charge in [0.2, 0.25) is 10.0 Å². The number of ether oxygens (including phenoxy) is 1. The molecule has 0 bridgehead atoms. The number of morpholine rings is 1. The van der Waals surface area contributed by atoms with Gasteiger partial charge in [0.1, 0.15) is 0 Å². The largest absolute Gasteiger partial charge is 0.378 e. The number of piperidine rings is 1. The summed E-state index contributed by atoms with van der Waals surface area (Å²) < 4.78 is 33.1. The molecule has 0 radical (unpaired) electrons. The topological polar surface area (TPSA) is 79.0 Å². The van der Waals surface area contributed by atoms with E-state index in [0.717, 1.165) is 0 Å². The molecule has 24 heavy (non-hydrogen) atoms. The van der Waals surface area contributed by atoms with Crippen LogP contribution < -0.4 is 4.72 Å². The van der Waals surface area contributed by atoms with Crippen molar-refractivity contribution < 1.29 is 17.9 Å². The number of hydrogen-bond donors (Lipinski definition) is 1. The van der Waals surface area contributed by atoms with Crippen LogP contribution in [0.4, 0.5) is 10.5 Å². The lowest BCUT2D eigenvalue weighted by Crippen LogP contribution is -2.53. The van der Waals surface area contributed by atoms with E-state index in [0.29, 0.717) is 51.4 Å². The lowest BCUT2D eigenvalue weighted by molar-refractivity contribution is 0.0418. The molecule has 2 amide bonds. The Morgan fingerprint density at radius 3 is 2.50 bits per heavy atom. The van der Waals surface area contributed by atoms with Crippen molar-refractivity contribution in [3.63, 3.8) is 0 Å². The van der Waals surface area contributed by atoms with Gasteiger partial charge in [0, 0.05) is 31.9 Å². The molecular weight excluding hydrogens is 330 g/mol. The van der Waals surface area contributed by atoms with Crippen LogP contribution in [0.5, 0.6) is 0 Å². The first-order valence-electron chi connectivity index (χ1n) is 8.24. The van der Waals surface area contributed by atoms with Crippen LogP contribution in [0.2, 0.25) is 0 Å². The van der Waals surface area contributed by atoms with E-state index in [-0.39, 0.29) is 12.6 Å². The van der Waals surface area contributed by atoms with Crippen molar-refractivity contribution in [1.82, 2.24) is 9.80 Å². The first-order chi connectivity index (χ1) is 11.6. The van der Waals surface area contributed by atoms with Crippen molar-refractivity contribution in [2.75, 3.05) is 44.1 Å². The summed E-state index contributed by atoms with van der Waals surface area (Å²) in [5.41, 5.74) is 0.550. The Kier molecular flexibility index (Phi) is 5.25. The fourth-order valence-corrected chi connectivity index (χ4v) is 4.56. The normalized spacial score (nSPS) is 22.2. The number of sulfonamides is 1. The molecule has 2 saturated heterocycles. The van der Waals surface area contributed by atoms with E-state index in [1.807, 2.05) is 6.07 Å². The number of benzene rings is 1. The minimum absolute atomic E-state index is 0.0853. The summed E-state index contributed by atoms with van der Waals surface area (Å²) in [6.45, 7) is 3.05. The number of amides is 2. The lowest BCUT2D eigenvalue weighted by Gasteiger charge is -2.37. The fraction of sp³-hybridized carbons (Fsp3) is 0.562. The first-order valence-corrected chi connectivity index (χ1v) is 9.79. The van der Waals surface area contributed by atoms with Crippen molar-refractivity contribution in [2.45, 2.75) is 18.1 Å². The van der Waals surface area contributed by atoms with Crippen LogP contribution in [0.3, 0.4) is 0 Å². The number of anilines is 1. The number of likely N-dealkylation sites (tertiary alicyclic amines) is 1. The predicted molar refractivity (Wildman–Crippen MR) is 91.4 cm³/mol.